The van der Waals surface area contributed by atoms with Gasteiger partial charge in [-0.15, -0.1) is 0 Å². The molecule has 1 fully saturated rings. The molecule has 0 spiro atoms. The minimum Gasteiger partial charge on any atom is -0.496 e. The van der Waals surface area contributed by atoms with Gasteiger partial charge in [-0.25, -0.2) is 0 Å². The third-order valence-electron chi connectivity index (χ3n) is 4.16. The van der Waals surface area contributed by atoms with E-state index in [1.165, 1.54) is 16.7 Å². The predicted octanol–water partition coefficient (Wildman–Crippen LogP) is 1.59. The second kappa shape index (κ2) is 7.19. The Bertz CT molecular complexity index is 664. The molecule has 6 heteroatoms. The van der Waals surface area contributed by atoms with Crippen molar-refractivity contribution in [1.82, 2.24) is 4.90 Å². The zero-order valence-corrected chi connectivity index (χ0v) is 14.6. The van der Waals surface area contributed by atoms with Crippen molar-refractivity contribution in [2.45, 2.75) is 6.54 Å². The Labute approximate surface area is 143 Å². The van der Waals surface area contributed by atoms with E-state index in [2.05, 4.69) is 28.1 Å². The number of carbonyl (C=O) groups is 1. The SMILES string of the molecule is COc1ccc(C[NH+]2CCN(C(=O)c3ccco3)CC2)cc1Br. The predicted molar refractivity (Wildman–Crippen MR) is 89.7 cm³/mol. The fourth-order valence-corrected chi connectivity index (χ4v) is 3.46. The van der Waals surface area contributed by atoms with Crippen LogP contribution in [0.25, 0.3) is 0 Å². The van der Waals surface area contributed by atoms with Gasteiger partial charge in [0.2, 0.25) is 0 Å². The quantitative estimate of drug-likeness (QED) is 0.877. The number of methoxy groups -OCH3 is 1. The van der Waals surface area contributed by atoms with Crippen molar-refractivity contribution in [2.24, 2.45) is 0 Å². The van der Waals surface area contributed by atoms with Crippen molar-refractivity contribution in [3.8, 4) is 5.75 Å². The van der Waals surface area contributed by atoms with Crippen molar-refractivity contribution >= 4 is 21.8 Å². The Balaban J connectivity index is 1.55. The van der Waals surface area contributed by atoms with E-state index in [0.29, 0.717) is 5.76 Å². The smallest absolute Gasteiger partial charge is 0.289 e. The molecule has 1 N–H and O–H groups in total. The summed E-state index contributed by atoms with van der Waals surface area (Å²) in [5, 5.41) is 0. The van der Waals surface area contributed by atoms with Crippen LogP contribution < -0.4 is 9.64 Å². The van der Waals surface area contributed by atoms with Crippen LogP contribution in [0.3, 0.4) is 0 Å². The van der Waals surface area contributed by atoms with Crippen LogP contribution in [0.2, 0.25) is 0 Å². The van der Waals surface area contributed by atoms with Gasteiger partial charge < -0.3 is 19.0 Å². The van der Waals surface area contributed by atoms with Crippen LogP contribution in [0.5, 0.6) is 5.75 Å². The van der Waals surface area contributed by atoms with E-state index in [1.54, 1.807) is 19.2 Å². The van der Waals surface area contributed by atoms with Crippen LogP contribution in [0.4, 0.5) is 0 Å². The topological polar surface area (TPSA) is 47.1 Å². The maximum atomic E-state index is 12.2. The van der Waals surface area contributed by atoms with Crippen molar-refractivity contribution in [3.63, 3.8) is 0 Å². The molecule has 23 heavy (non-hydrogen) atoms. The number of halogens is 1. The van der Waals surface area contributed by atoms with Crippen molar-refractivity contribution in [3.05, 3.63) is 52.4 Å². The highest BCUT2D eigenvalue weighted by atomic mass is 79.9. The highest BCUT2D eigenvalue weighted by molar-refractivity contribution is 9.10. The average molecular weight is 380 g/mol. The molecule has 1 aliphatic rings. The van der Waals surface area contributed by atoms with Gasteiger partial charge in [0, 0.05) is 5.56 Å². The number of nitrogens with one attached hydrogen (secondary N) is 1. The van der Waals surface area contributed by atoms with Crippen molar-refractivity contribution < 1.29 is 18.8 Å². The number of ether oxygens (including phenoxy) is 1. The van der Waals surface area contributed by atoms with Crippen LogP contribution in [0.1, 0.15) is 16.1 Å². The Morgan fingerprint density at radius 1 is 1.35 bits per heavy atom. The number of furan rings is 1. The largest absolute Gasteiger partial charge is 0.496 e. The number of rotatable bonds is 4. The summed E-state index contributed by atoms with van der Waals surface area (Å²) < 4.78 is 11.4. The van der Waals surface area contributed by atoms with E-state index in [-0.39, 0.29) is 5.91 Å². The van der Waals surface area contributed by atoms with E-state index in [4.69, 9.17) is 9.15 Å². The molecular formula is C17H20BrN2O3+. The second-order valence-electron chi connectivity index (χ2n) is 5.67. The molecule has 1 aromatic carbocycles. The van der Waals surface area contributed by atoms with E-state index in [0.717, 1.165) is 42.9 Å². The molecule has 1 aromatic heterocycles. The first-order chi connectivity index (χ1) is 11.2. The van der Waals surface area contributed by atoms with Gasteiger partial charge in [-0.05, 0) is 46.3 Å². The van der Waals surface area contributed by atoms with Crippen LogP contribution in [0, 0.1) is 0 Å². The summed E-state index contributed by atoms with van der Waals surface area (Å²) in [6.07, 6.45) is 1.54. The van der Waals surface area contributed by atoms with Gasteiger partial charge in [0.15, 0.2) is 5.76 Å². The van der Waals surface area contributed by atoms with Gasteiger partial charge in [-0.1, -0.05) is 0 Å². The van der Waals surface area contributed by atoms with Crippen LogP contribution in [-0.2, 0) is 6.54 Å². The molecule has 3 rings (SSSR count). The zero-order valence-electron chi connectivity index (χ0n) is 13.0. The van der Waals surface area contributed by atoms with Gasteiger partial charge in [0.05, 0.1) is 44.0 Å². The minimum atomic E-state index is -0.0127. The number of piperazine rings is 1. The van der Waals surface area contributed by atoms with Gasteiger partial charge >= 0.3 is 0 Å². The fourth-order valence-electron chi connectivity index (χ4n) is 2.87. The average Bonchev–Trinajstić information content (AvgIpc) is 3.09. The highest BCUT2D eigenvalue weighted by Crippen LogP contribution is 2.25. The first kappa shape index (κ1) is 16.1. The van der Waals surface area contributed by atoms with Crippen LogP contribution in [-0.4, -0.2) is 44.1 Å². The zero-order chi connectivity index (χ0) is 16.2. The summed E-state index contributed by atoms with van der Waals surface area (Å²) in [7, 11) is 1.67. The highest BCUT2D eigenvalue weighted by Gasteiger charge is 2.25. The number of amides is 1. The van der Waals surface area contributed by atoms with Crippen molar-refractivity contribution in [1.29, 1.82) is 0 Å². The number of benzene rings is 1. The monoisotopic (exact) mass is 379 g/mol. The lowest BCUT2D eigenvalue weighted by atomic mass is 10.2. The molecule has 0 aliphatic carbocycles. The number of nitrogens with zero attached hydrogens (tertiary/aromatic N) is 1. The summed E-state index contributed by atoms with van der Waals surface area (Å²) in [6, 6.07) is 9.64. The third-order valence-corrected chi connectivity index (χ3v) is 4.78. The molecule has 1 saturated heterocycles. The van der Waals surface area contributed by atoms with E-state index in [1.807, 2.05) is 11.0 Å². The molecule has 1 amide bonds. The molecule has 2 heterocycles. The summed E-state index contributed by atoms with van der Waals surface area (Å²) in [5.41, 5.74) is 1.26. The third kappa shape index (κ3) is 3.76. The Morgan fingerprint density at radius 3 is 2.74 bits per heavy atom. The fraction of sp³-hybridized carbons (Fsp3) is 0.353. The summed E-state index contributed by atoms with van der Waals surface area (Å²) in [4.78, 5) is 15.6. The molecular weight excluding hydrogens is 360 g/mol. The Hall–Kier alpha value is -1.79. The standard InChI is InChI=1S/C17H19BrN2O3/c1-22-15-5-4-13(11-14(15)18)12-19-6-8-20(9-7-19)17(21)16-3-2-10-23-16/h2-5,10-11H,6-9,12H2,1H3/p+1. The summed E-state index contributed by atoms with van der Waals surface area (Å²) in [6.45, 7) is 4.34. The minimum absolute atomic E-state index is 0.0127. The van der Waals surface area contributed by atoms with Crippen LogP contribution >= 0.6 is 15.9 Å². The van der Waals surface area contributed by atoms with E-state index < -0.39 is 0 Å². The molecule has 5 nitrogen and oxygen atoms in total. The van der Waals surface area contributed by atoms with E-state index in [9.17, 15) is 4.79 Å². The summed E-state index contributed by atoms with van der Waals surface area (Å²) >= 11 is 3.53. The molecule has 1 aliphatic heterocycles. The molecule has 0 radical (unpaired) electrons. The lowest BCUT2D eigenvalue weighted by Crippen LogP contribution is -3.13. The first-order valence-corrected chi connectivity index (χ1v) is 8.45. The Kier molecular flexibility index (Phi) is 5.03. The van der Waals surface area contributed by atoms with Gasteiger partial charge in [-0.2, -0.15) is 0 Å². The maximum absolute atomic E-state index is 12.2. The molecule has 0 saturated carbocycles. The molecule has 0 unspecified atom stereocenters. The van der Waals surface area contributed by atoms with Gasteiger partial charge in [-0.3, -0.25) is 4.79 Å². The maximum Gasteiger partial charge on any atom is 0.289 e. The number of quaternary nitrogens is 1. The number of hydrogen-bond acceptors (Lipinski definition) is 3. The first-order valence-electron chi connectivity index (χ1n) is 7.66. The van der Waals surface area contributed by atoms with Gasteiger partial charge in [0.1, 0.15) is 12.3 Å². The lowest BCUT2D eigenvalue weighted by Gasteiger charge is -2.31. The molecule has 0 bridgehead atoms. The Morgan fingerprint density at radius 2 is 2.13 bits per heavy atom. The molecule has 0 atom stereocenters. The van der Waals surface area contributed by atoms with Crippen LogP contribution in [0.15, 0.2) is 45.5 Å². The lowest BCUT2D eigenvalue weighted by molar-refractivity contribution is -0.917. The number of hydrogen-bond donors (Lipinski definition) is 1. The number of carbonyl (C=O) groups excluding carboxylic acids is 1. The summed E-state index contributed by atoms with van der Waals surface area (Å²) in [5.74, 6) is 1.26. The van der Waals surface area contributed by atoms with Gasteiger partial charge in [0.25, 0.3) is 5.91 Å². The molecule has 2 aromatic rings. The normalized spacial score (nSPS) is 15.7. The molecule has 122 valence electrons. The van der Waals surface area contributed by atoms with Crippen molar-refractivity contribution in [2.75, 3.05) is 33.3 Å². The van der Waals surface area contributed by atoms with E-state index >= 15 is 0 Å². The second-order valence-corrected chi connectivity index (χ2v) is 6.52.